The van der Waals surface area contributed by atoms with Crippen molar-refractivity contribution < 1.29 is 22.7 Å². The highest BCUT2D eigenvalue weighted by atomic mass is 19.4. The molecule has 3 rings (SSSR count). The second-order valence-electron chi connectivity index (χ2n) is 7.39. The molecule has 0 unspecified atom stereocenters. The summed E-state index contributed by atoms with van der Waals surface area (Å²) in [5.41, 5.74) is -0.536. The molecule has 11 heteroatoms. The van der Waals surface area contributed by atoms with E-state index < -0.39 is 23.7 Å². The Kier molecular flexibility index (Phi) is 4.87. The van der Waals surface area contributed by atoms with E-state index in [-0.39, 0.29) is 11.7 Å². The first kappa shape index (κ1) is 19.2. The van der Waals surface area contributed by atoms with E-state index in [4.69, 9.17) is 4.74 Å². The molecule has 0 bridgehead atoms. The molecule has 8 nitrogen and oxygen atoms in total. The van der Waals surface area contributed by atoms with Crippen molar-refractivity contribution in [2.45, 2.75) is 51.4 Å². The van der Waals surface area contributed by atoms with E-state index in [2.05, 4.69) is 20.6 Å². The van der Waals surface area contributed by atoms with E-state index in [1.54, 1.807) is 26.8 Å². The van der Waals surface area contributed by atoms with E-state index in [9.17, 15) is 18.0 Å². The summed E-state index contributed by atoms with van der Waals surface area (Å²) in [7, 11) is 0. The van der Waals surface area contributed by atoms with Crippen LogP contribution in [0.4, 0.5) is 23.8 Å². The number of hydrogen-bond acceptors (Lipinski definition) is 6. The molecule has 0 saturated carbocycles. The third-order valence-electron chi connectivity index (χ3n) is 4.04. The minimum atomic E-state index is -4.63. The van der Waals surface area contributed by atoms with Crippen LogP contribution in [0, 0.1) is 0 Å². The molecule has 0 aliphatic carbocycles. The number of fused-ring (bicyclic) bond motifs is 1. The van der Waals surface area contributed by atoms with Crippen LogP contribution in [-0.2, 0) is 10.9 Å². The van der Waals surface area contributed by atoms with Gasteiger partial charge in [0.2, 0.25) is 0 Å². The van der Waals surface area contributed by atoms with E-state index >= 15 is 0 Å². The van der Waals surface area contributed by atoms with Crippen LogP contribution in [0.3, 0.4) is 0 Å². The van der Waals surface area contributed by atoms with Gasteiger partial charge in [-0.05, 0) is 45.7 Å². The summed E-state index contributed by atoms with van der Waals surface area (Å²) in [5.74, 6) is -0.746. The molecule has 0 aromatic carbocycles. The van der Waals surface area contributed by atoms with Gasteiger partial charge in [0.15, 0.2) is 5.65 Å². The average Bonchev–Trinajstić information content (AvgIpc) is 2.97. The SMILES string of the molecule is CC(C)(C)OC(=O)NC1CCN(c2ccc3nnc(C(F)(F)F)n3n2)CC1. The van der Waals surface area contributed by atoms with Gasteiger partial charge >= 0.3 is 12.3 Å². The monoisotopic (exact) mass is 386 g/mol. The molecule has 1 aliphatic rings. The molecule has 0 radical (unpaired) electrons. The summed E-state index contributed by atoms with van der Waals surface area (Å²) in [6.45, 7) is 6.45. The largest absolute Gasteiger partial charge is 0.453 e. The van der Waals surface area contributed by atoms with Crippen LogP contribution in [0.25, 0.3) is 5.65 Å². The highest BCUT2D eigenvalue weighted by molar-refractivity contribution is 5.68. The fourth-order valence-electron chi connectivity index (χ4n) is 2.85. The number of anilines is 1. The van der Waals surface area contributed by atoms with Crippen molar-refractivity contribution in [2.24, 2.45) is 0 Å². The number of ether oxygens (including phenoxy) is 1. The number of rotatable bonds is 2. The number of aromatic nitrogens is 4. The van der Waals surface area contributed by atoms with Crippen LogP contribution < -0.4 is 10.2 Å². The Morgan fingerprint density at radius 2 is 1.85 bits per heavy atom. The van der Waals surface area contributed by atoms with E-state index in [1.807, 2.05) is 4.90 Å². The Bertz CT molecular complexity index is 822. The van der Waals surface area contributed by atoms with E-state index in [0.717, 1.165) is 0 Å². The first-order chi connectivity index (χ1) is 12.5. The smallest absolute Gasteiger partial charge is 0.444 e. The predicted molar refractivity (Wildman–Crippen MR) is 90.4 cm³/mol. The summed E-state index contributed by atoms with van der Waals surface area (Å²) in [6.07, 6.45) is -3.84. The van der Waals surface area contributed by atoms with Crippen molar-refractivity contribution in [2.75, 3.05) is 18.0 Å². The van der Waals surface area contributed by atoms with Gasteiger partial charge in [0.05, 0.1) is 0 Å². The Hall–Kier alpha value is -2.59. The molecule has 1 fully saturated rings. The van der Waals surface area contributed by atoms with Crippen LogP contribution in [-0.4, -0.2) is 50.6 Å². The van der Waals surface area contributed by atoms with Crippen molar-refractivity contribution in [1.82, 2.24) is 25.1 Å². The Labute approximate surface area is 153 Å². The molecule has 0 spiro atoms. The summed E-state index contributed by atoms with van der Waals surface area (Å²) >= 11 is 0. The predicted octanol–water partition coefficient (Wildman–Crippen LogP) is 2.64. The molecule has 1 N–H and O–H groups in total. The zero-order chi connectivity index (χ0) is 19.8. The number of hydrogen-bond donors (Lipinski definition) is 1. The van der Waals surface area contributed by atoms with Crippen LogP contribution in [0.2, 0.25) is 0 Å². The van der Waals surface area contributed by atoms with Crippen LogP contribution in [0.15, 0.2) is 12.1 Å². The third-order valence-corrected chi connectivity index (χ3v) is 4.04. The summed E-state index contributed by atoms with van der Waals surface area (Å²) in [5, 5.41) is 13.5. The molecular weight excluding hydrogens is 365 g/mol. The first-order valence-corrected chi connectivity index (χ1v) is 8.57. The number of alkyl halides is 3. The van der Waals surface area contributed by atoms with Gasteiger partial charge < -0.3 is 15.0 Å². The van der Waals surface area contributed by atoms with Crippen molar-refractivity contribution in [3.8, 4) is 0 Å². The molecule has 0 atom stereocenters. The Morgan fingerprint density at radius 3 is 2.44 bits per heavy atom. The van der Waals surface area contributed by atoms with Crippen molar-refractivity contribution in [1.29, 1.82) is 0 Å². The number of halogens is 3. The number of carbonyl (C=O) groups is 1. The van der Waals surface area contributed by atoms with Gasteiger partial charge in [0, 0.05) is 19.1 Å². The summed E-state index contributed by atoms with van der Waals surface area (Å²) in [4.78, 5) is 13.7. The molecular formula is C16H21F3N6O2. The molecule has 1 saturated heterocycles. The number of piperidine rings is 1. The second-order valence-corrected chi connectivity index (χ2v) is 7.39. The minimum Gasteiger partial charge on any atom is -0.444 e. The van der Waals surface area contributed by atoms with E-state index in [0.29, 0.717) is 36.3 Å². The highest BCUT2D eigenvalue weighted by Gasteiger charge is 2.38. The average molecular weight is 386 g/mol. The summed E-state index contributed by atoms with van der Waals surface area (Å²) < 4.78 is 44.9. The standard InChI is InChI=1S/C16H21F3N6O2/c1-15(2,3)27-14(26)20-10-6-8-24(9-7-10)12-5-4-11-21-22-13(16(17,18)19)25(11)23-12/h4-5,10H,6-9H2,1-3H3,(H,20,26). The zero-order valence-electron chi connectivity index (χ0n) is 15.2. The molecule has 1 aliphatic heterocycles. The maximum absolute atomic E-state index is 13.0. The topological polar surface area (TPSA) is 84.6 Å². The lowest BCUT2D eigenvalue weighted by molar-refractivity contribution is -0.146. The van der Waals surface area contributed by atoms with E-state index in [1.165, 1.54) is 6.07 Å². The van der Waals surface area contributed by atoms with Crippen molar-refractivity contribution >= 4 is 17.6 Å². The Balaban J connectivity index is 1.65. The lowest BCUT2D eigenvalue weighted by Crippen LogP contribution is -2.46. The van der Waals surface area contributed by atoms with Crippen LogP contribution in [0.5, 0.6) is 0 Å². The molecule has 1 amide bonds. The van der Waals surface area contributed by atoms with Gasteiger partial charge in [0.1, 0.15) is 11.4 Å². The molecule has 148 valence electrons. The van der Waals surface area contributed by atoms with Crippen molar-refractivity contribution in [3.05, 3.63) is 18.0 Å². The maximum atomic E-state index is 13.0. The maximum Gasteiger partial charge on any atom is 0.453 e. The fourth-order valence-corrected chi connectivity index (χ4v) is 2.85. The molecule has 3 heterocycles. The number of nitrogens with zero attached hydrogens (tertiary/aromatic N) is 5. The van der Waals surface area contributed by atoms with Crippen molar-refractivity contribution in [3.63, 3.8) is 0 Å². The van der Waals surface area contributed by atoms with Crippen LogP contribution >= 0.6 is 0 Å². The number of amides is 1. The van der Waals surface area contributed by atoms with Gasteiger partial charge in [-0.15, -0.1) is 15.3 Å². The van der Waals surface area contributed by atoms with Crippen LogP contribution in [0.1, 0.15) is 39.4 Å². The van der Waals surface area contributed by atoms with Gasteiger partial charge in [-0.2, -0.15) is 17.7 Å². The third kappa shape index (κ3) is 4.58. The fraction of sp³-hybridized carbons (Fsp3) is 0.625. The van der Waals surface area contributed by atoms with Gasteiger partial charge in [0.25, 0.3) is 5.82 Å². The number of alkyl carbamates (subject to hydrolysis) is 1. The molecule has 2 aromatic rings. The molecule has 2 aromatic heterocycles. The Morgan fingerprint density at radius 1 is 1.19 bits per heavy atom. The zero-order valence-corrected chi connectivity index (χ0v) is 15.2. The second kappa shape index (κ2) is 6.86. The summed E-state index contributed by atoms with van der Waals surface area (Å²) in [6, 6.07) is 3.02. The quantitative estimate of drug-likeness (QED) is 0.854. The number of nitrogens with one attached hydrogen (secondary N) is 1. The molecule has 27 heavy (non-hydrogen) atoms. The number of carbonyl (C=O) groups excluding carboxylic acids is 1. The van der Waals surface area contributed by atoms with Gasteiger partial charge in [-0.1, -0.05) is 0 Å². The van der Waals surface area contributed by atoms with Gasteiger partial charge in [-0.3, -0.25) is 0 Å². The van der Waals surface area contributed by atoms with Gasteiger partial charge in [-0.25, -0.2) is 4.79 Å². The minimum absolute atomic E-state index is 0.0348. The first-order valence-electron chi connectivity index (χ1n) is 8.57. The lowest BCUT2D eigenvalue weighted by atomic mass is 10.1. The lowest BCUT2D eigenvalue weighted by Gasteiger charge is -2.33. The normalized spacial score (nSPS) is 16.6. The highest BCUT2D eigenvalue weighted by Crippen LogP contribution is 2.28.